The number of imidazole rings is 1. The number of rotatable bonds is 7. The molecule has 0 N–H and O–H groups in total. The molecule has 0 spiro atoms. The quantitative estimate of drug-likeness (QED) is 0.614. The van der Waals surface area contributed by atoms with Gasteiger partial charge in [0.25, 0.3) is 0 Å². The molecule has 4 rings (SSSR count). The largest absolute Gasteiger partial charge is 0.379 e. The summed E-state index contributed by atoms with van der Waals surface area (Å²) in [5.74, 6) is 1.41. The molecule has 1 aromatic carbocycles. The lowest BCUT2D eigenvalue weighted by Crippen LogP contribution is -2.41. The molecule has 7 heteroatoms. The molecule has 1 amide bonds. The Kier molecular flexibility index (Phi) is 7.69. The maximum Gasteiger partial charge on any atom is 0.233 e. The van der Waals surface area contributed by atoms with E-state index in [4.69, 9.17) is 4.74 Å². The summed E-state index contributed by atoms with van der Waals surface area (Å²) >= 11 is 1.53. The first-order valence-electron chi connectivity index (χ1n) is 11.4. The lowest BCUT2D eigenvalue weighted by molar-refractivity contribution is -0.129. The third-order valence-corrected chi connectivity index (χ3v) is 7.29. The van der Waals surface area contributed by atoms with Crippen LogP contribution in [0.2, 0.25) is 0 Å². The van der Waals surface area contributed by atoms with Crippen molar-refractivity contribution in [1.29, 1.82) is 0 Å². The Morgan fingerprint density at radius 3 is 2.52 bits per heavy atom. The molecule has 2 aliphatic heterocycles. The van der Waals surface area contributed by atoms with E-state index in [2.05, 4.69) is 46.5 Å². The molecule has 2 aliphatic rings. The van der Waals surface area contributed by atoms with Crippen LogP contribution in [0.5, 0.6) is 0 Å². The second kappa shape index (κ2) is 10.7. The number of piperidine rings is 1. The Bertz CT molecular complexity index is 850. The number of hydrogen-bond donors (Lipinski definition) is 0. The number of carbonyl (C=O) groups excluding carboxylic acids is 1. The molecule has 0 atom stereocenters. The van der Waals surface area contributed by atoms with Gasteiger partial charge in [-0.2, -0.15) is 0 Å². The highest BCUT2D eigenvalue weighted by molar-refractivity contribution is 7.99. The predicted octanol–water partition coefficient (Wildman–Crippen LogP) is 3.54. The van der Waals surface area contributed by atoms with Crippen LogP contribution in [0.1, 0.15) is 30.4 Å². The predicted molar refractivity (Wildman–Crippen MR) is 125 cm³/mol. The molecule has 0 bridgehead atoms. The fourth-order valence-corrected chi connectivity index (χ4v) is 5.44. The van der Waals surface area contributed by atoms with Crippen LogP contribution in [0, 0.1) is 19.8 Å². The topological polar surface area (TPSA) is 50.6 Å². The second-order valence-electron chi connectivity index (χ2n) is 8.78. The van der Waals surface area contributed by atoms with Gasteiger partial charge in [-0.1, -0.05) is 17.8 Å². The fourth-order valence-electron chi connectivity index (χ4n) is 4.56. The molecule has 0 aliphatic carbocycles. The van der Waals surface area contributed by atoms with Crippen molar-refractivity contribution in [3.8, 4) is 5.69 Å². The molecule has 3 heterocycles. The van der Waals surface area contributed by atoms with Gasteiger partial charge in [0.2, 0.25) is 5.91 Å². The Balaban J connectivity index is 1.23. The first-order valence-corrected chi connectivity index (χ1v) is 12.4. The number of morpholine rings is 1. The number of aryl methyl sites for hydroxylation is 2. The minimum absolute atomic E-state index is 0.228. The van der Waals surface area contributed by atoms with Crippen LogP contribution in [0.3, 0.4) is 0 Å². The summed E-state index contributed by atoms with van der Waals surface area (Å²) in [7, 11) is 0. The normalized spacial score (nSPS) is 18.5. The van der Waals surface area contributed by atoms with Gasteiger partial charge in [0.15, 0.2) is 5.16 Å². The number of ether oxygens (including phenoxy) is 1. The highest BCUT2D eigenvalue weighted by atomic mass is 32.2. The van der Waals surface area contributed by atoms with Crippen LogP contribution < -0.4 is 0 Å². The smallest absolute Gasteiger partial charge is 0.233 e. The fraction of sp³-hybridized carbons (Fsp3) is 0.583. The molecule has 6 nitrogen and oxygen atoms in total. The van der Waals surface area contributed by atoms with E-state index < -0.39 is 0 Å². The first-order chi connectivity index (χ1) is 15.1. The van der Waals surface area contributed by atoms with Gasteiger partial charge >= 0.3 is 0 Å². The SMILES string of the molecule is Cc1cc(C)cc(-n2ccnc2SCC(=O)N2CCC(CCN3CCOCC3)CC2)c1. The molecular formula is C24H34N4O2S. The number of carbonyl (C=O) groups is 1. The standard InChI is InChI=1S/C24H34N4O2S/c1-19-15-20(2)17-22(16-19)28-10-6-25-24(28)31-18-23(29)27-8-4-21(5-9-27)3-7-26-11-13-30-14-12-26/h6,10,15-17,21H,3-5,7-9,11-14,18H2,1-2H3. The minimum atomic E-state index is 0.228. The summed E-state index contributed by atoms with van der Waals surface area (Å²) in [6, 6.07) is 6.48. The van der Waals surface area contributed by atoms with E-state index in [9.17, 15) is 4.79 Å². The van der Waals surface area contributed by atoms with Crippen LogP contribution in [0.25, 0.3) is 5.69 Å². The van der Waals surface area contributed by atoms with E-state index in [1.54, 1.807) is 0 Å². The van der Waals surface area contributed by atoms with Crippen molar-refractivity contribution in [3.63, 3.8) is 0 Å². The Labute approximate surface area is 190 Å². The summed E-state index contributed by atoms with van der Waals surface area (Å²) in [5.41, 5.74) is 3.56. The van der Waals surface area contributed by atoms with Crippen molar-refractivity contribution in [2.75, 3.05) is 51.7 Å². The summed E-state index contributed by atoms with van der Waals surface area (Å²) in [5, 5.41) is 0.874. The van der Waals surface area contributed by atoms with Crippen molar-refractivity contribution < 1.29 is 9.53 Å². The average Bonchev–Trinajstić information content (AvgIpc) is 3.25. The molecule has 2 saturated heterocycles. The number of hydrogen-bond acceptors (Lipinski definition) is 5. The summed E-state index contributed by atoms with van der Waals surface area (Å²) in [4.78, 5) is 21.9. The van der Waals surface area contributed by atoms with Crippen molar-refractivity contribution in [2.45, 2.75) is 38.3 Å². The summed E-state index contributed by atoms with van der Waals surface area (Å²) in [6.07, 6.45) is 7.27. The van der Waals surface area contributed by atoms with E-state index >= 15 is 0 Å². The number of benzene rings is 1. The van der Waals surface area contributed by atoms with Crippen LogP contribution in [0.15, 0.2) is 35.7 Å². The number of likely N-dealkylation sites (tertiary alicyclic amines) is 1. The molecule has 31 heavy (non-hydrogen) atoms. The number of thioether (sulfide) groups is 1. The zero-order valence-corrected chi connectivity index (χ0v) is 19.6. The van der Waals surface area contributed by atoms with Crippen molar-refractivity contribution in [3.05, 3.63) is 41.7 Å². The lowest BCUT2D eigenvalue weighted by atomic mass is 9.93. The highest BCUT2D eigenvalue weighted by Crippen LogP contribution is 2.25. The van der Waals surface area contributed by atoms with Gasteiger partial charge in [0, 0.05) is 44.3 Å². The van der Waals surface area contributed by atoms with E-state index in [1.807, 2.05) is 17.3 Å². The molecule has 2 aromatic rings. The molecule has 0 radical (unpaired) electrons. The van der Waals surface area contributed by atoms with Gasteiger partial charge in [-0.25, -0.2) is 4.98 Å². The Morgan fingerprint density at radius 1 is 1.10 bits per heavy atom. The Morgan fingerprint density at radius 2 is 1.81 bits per heavy atom. The van der Waals surface area contributed by atoms with E-state index in [-0.39, 0.29) is 5.91 Å². The van der Waals surface area contributed by atoms with Crippen molar-refractivity contribution >= 4 is 17.7 Å². The second-order valence-corrected chi connectivity index (χ2v) is 9.72. The van der Waals surface area contributed by atoms with E-state index in [0.717, 1.165) is 69.0 Å². The van der Waals surface area contributed by atoms with Gasteiger partial charge in [0.05, 0.1) is 19.0 Å². The van der Waals surface area contributed by atoms with Gasteiger partial charge in [-0.3, -0.25) is 14.3 Å². The van der Waals surface area contributed by atoms with Crippen LogP contribution in [0.4, 0.5) is 0 Å². The molecule has 2 fully saturated rings. The average molecular weight is 443 g/mol. The van der Waals surface area contributed by atoms with E-state index in [0.29, 0.717) is 5.75 Å². The molecule has 0 saturated carbocycles. The van der Waals surface area contributed by atoms with Crippen molar-refractivity contribution in [2.24, 2.45) is 5.92 Å². The van der Waals surface area contributed by atoms with Crippen LogP contribution in [-0.2, 0) is 9.53 Å². The highest BCUT2D eigenvalue weighted by Gasteiger charge is 2.24. The third kappa shape index (κ3) is 6.11. The monoisotopic (exact) mass is 442 g/mol. The van der Waals surface area contributed by atoms with Gasteiger partial charge < -0.3 is 9.64 Å². The van der Waals surface area contributed by atoms with Crippen LogP contribution in [-0.4, -0.2) is 76.9 Å². The van der Waals surface area contributed by atoms with E-state index in [1.165, 1.54) is 35.9 Å². The Hall–Kier alpha value is -1.83. The summed E-state index contributed by atoms with van der Waals surface area (Å²) < 4.78 is 7.51. The third-order valence-electron chi connectivity index (χ3n) is 6.34. The molecular weight excluding hydrogens is 408 g/mol. The zero-order chi connectivity index (χ0) is 21.6. The van der Waals surface area contributed by atoms with Gasteiger partial charge in [0.1, 0.15) is 0 Å². The number of amides is 1. The maximum absolute atomic E-state index is 12.8. The van der Waals surface area contributed by atoms with Gasteiger partial charge in [-0.15, -0.1) is 0 Å². The summed E-state index contributed by atoms with van der Waals surface area (Å²) in [6.45, 7) is 11.0. The number of aromatic nitrogens is 2. The molecule has 0 unspecified atom stereocenters. The number of nitrogens with zero attached hydrogens (tertiary/aromatic N) is 4. The first kappa shape index (κ1) is 22.4. The zero-order valence-electron chi connectivity index (χ0n) is 18.8. The van der Waals surface area contributed by atoms with Gasteiger partial charge in [-0.05, 0) is 68.8 Å². The van der Waals surface area contributed by atoms with Crippen molar-refractivity contribution in [1.82, 2.24) is 19.4 Å². The maximum atomic E-state index is 12.8. The van der Waals surface area contributed by atoms with Crippen LogP contribution >= 0.6 is 11.8 Å². The molecule has 1 aromatic heterocycles. The lowest BCUT2D eigenvalue weighted by Gasteiger charge is -2.34. The minimum Gasteiger partial charge on any atom is -0.379 e. The molecule has 168 valence electrons.